The van der Waals surface area contributed by atoms with Crippen LogP contribution in [-0.2, 0) is 4.74 Å². The molecule has 0 aliphatic rings. The summed E-state index contributed by atoms with van der Waals surface area (Å²) in [6, 6.07) is 0. The summed E-state index contributed by atoms with van der Waals surface area (Å²) in [7, 11) is 1.22. The Balaban J connectivity index is 2.83. The standard InChI is InChI=1S/C3H7O2P/c1-2-5-3(4)6/h2,6H2,1H3/p+1. The number of hydrogen-bond donors (Lipinski definition) is 0. The van der Waals surface area contributed by atoms with Gasteiger partial charge in [0, 0.05) is 0 Å². The van der Waals surface area contributed by atoms with Gasteiger partial charge in [-0.1, -0.05) is 0 Å². The van der Waals surface area contributed by atoms with Crippen molar-refractivity contribution < 1.29 is 9.53 Å². The van der Waals surface area contributed by atoms with E-state index >= 15 is 0 Å². The molecule has 0 aromatic carbocycles. The highest BCUT2D eigenvalue weighted by molar-refractivity contribution is 7.39. The van der Waals surface area contributed by atoms with Crippen molar-refractivity contribution in [1.82, 2.24) is 0 Å². The lowest BCUT2D eigenvalue weighted by Crippen LogP contribution is -1.88. The van der Waals surface area contributed by atoms with Crippen LogP contribution in [0.15, 0.2) is 0 Å². The van der Waals surface area contributed by atoms with Crippen molar-refractivity contribution in [3.63, 3.8) is 0 Å². The van der Waals surface area contributed by atoms with Gasteiger partial charge in [-0.2, -0.15) is 0 Å². The summed E-state index contributed by atoms with van der Waals surface area (Å²) < 4.78 is 4.42. The van der Waals surface area contributed by atoms with Crippen LogP contribution in [0.3, 0.4) is 0 Å². The third-order valence-electron chi connectivity index (χ3n) is 0.305. The molecule has 0 aliphatic carbocycles. The third-order valence-corrected chi connectivity index (χ3v) is 0.509. The summed E-state index contributed by atoms with van der Waals surface area (Å²) in [5.74, 6) is 0. The summed E-state index contributed by atoms with van der Waals surface area (Å²) in [6.07, 6.45) is 0. The van der Waals surface area contributed by atoms with E-state index in [1.54, 1.807) is 6.92 Å². The van der Waals surface area contributed by atoms with Crippen molar-refractivity contribution in [2.75, 3.05) is 6.61 Å². The van der Waals surface area contributed by atoms with Crippen molar-refractivity contribution in [2.24, 2.45) is 0 Å². The zero-order chi connectivity index (χ0) is 4.99. The van der Waals surface area contributed by atoms with Crippen LogP contribution >= 0.6 is 9.24 Å². The second-order valence-electron chi connectivity index (χ2n) is 0.805. The topological polar surface area (TPSA) is 26.3 Å². The number of ether oxygens (including phenoxy) is 1. The van der Waals surface area contributed by atoms with Crippen molar-refractivity contribution in [3.05, 3.63) is 0 Å². The molecule has 0 saturated carbocycles. The van der Waals surface area contributed by atoms with Gasteiger partial charge in [0.05, 0.1) is 15.8 Å². The van der Waals surface area contributed by atoms with Crippen LogP contribution in [0.4, 0.5) is 4.79 Å². The maximum Gasteiger partial charge on any atom is 0.443 e. The van der Waals surface area contributed by atoms with Gasteiger partial charge in [-0.05, 0) is 6.92 Å². The highest BCUT2D eigenvalue weighted by Crippen LogP contribution is 1.87. The first-order valence-electron chi connectivity index (χ1n) is 1.76. The molecule has 36 valence electrons. The molecule has 0 fully saturated rings. The van der Waals surface area contributed by atoms with E-state index in [2.05, 4.69) is 4.74 Å². The summed E-state index contributed by atoms with van der Waals surface area (Å²) in [4.78, 5) is 9.83. The molecule has 0 radical (unpaired) electrons. The van der Waals surface area contributed by atoms with Gasteiger partial charge in [0.1, 0.15) is 0 Å². The van der Waals surface area contributed by atoms with E-state index < -0.39 is 0 Å². The predicted molar refractivity (Wildman–Crippen MR) is 28.1 cm³/mol. The smallest absolute Gasteiger partial charge is 0.437 e. The van der Waals surface area contributed by atoms with Crippen LogP contribution in [0.1, 0.15) is 6.92 Å². The van der Waals surface area contributed by atoms with Gasteiger partial charge in [-0.3, -0.25) is 0 Å². The predicted octanol–water partition coefficient (Wildman–Crippen LogP) is 0.750. The monoisotopic (exact) mass is 107 g/mol. The first-order chi connectivity index (χ1) is 2.77. The fourth-order valence-corrected chi connectivity index (χ4v) is 0.365. The van der Waals surface area contributed by atoms with Crippen molar-refractivity contribution in [1.29, 1.82) is 0 Å². The minimum absolute atomic E-state index is 0.183. The van der Waals surface area contributed by atoms with Crippen LogP contribution < -0.4 is 0 Å². The molecule has 0 heterocycles. The van der Waals surface area contributed by atoms with Gasteiger partial charge in [-0.15, -0.1) is 0 Å². The van der Waals surface area contributed by atoms with Gasteiger partial charge in [0.15, 0.2) is 0 Å². The van der Waals surface area contributed by atoms with E-state index in [-0.39, 0.29) is 5.71 Å². The van der Waals surface area contributed by atoms with Gasteiger partial charge < -0.3 is 4.74 Å². The molecule has 1 unspecified atom stereocenters. The molecule has 0 rings (SSSR count). The Kier molecular flexibility index (Phi) is 3.05. The maximum absolute atomic E-state index is 9.83. The van der Waals surface area contributed by atoms with Gasteiger partial charge in [0.25, 0.3) is 0 Å². The molecule has 0 aromatic rings. The van der Waals surface area contributed by atoms with Crippen molar-refractivity contribution in [2.45, 2.75) is 6.92 Å². The molecular formula is C3H8O2P+. The zero-order valence-electron chi connectivity index (χ0n) is 3.73. The fourth-order valence-electron chi connectivity index (χ4n) is 0.161. The molecule has 0 aliphatic heterocycles. The first-order valence-corrected chi connectivity index (χ1v) is 2.46. The van der Waals surface area contributed by atoms with Crippen LogP contribution in [0.5, 0.6) is 0 Å². The molecule has 6 heavy (non-hydrogen) atoms. The quantitative estimate of drug-likeness (QED) is 0.462. The maximum atomic E-state index is 9.83. The molecular weight excluding hydrogens is 99.0 g/mol. The first kappa shape index (κ1) is 5.90. The minimum atomic E-state index is -0.183. The van der Waals surface area contributed by atoms with Gasteiger partial charge in [-0.25, -0.2) is 4.79 Å². The molecule has 3 heteroatoms. The average Bonchev–Trinajstić information content (AvgIpc) is 1.35. The Labute approximate surface area is 39.1 Å². The van der Waals surface area contributed by atoms with E-state index in [0.717, 1.165) is 0 Å². The summed E-state index contributed by atoms with van der Waals surface area (Å²) in [5, 5.41) is 0. The highest BCUT2D eigenvalue weighted by Gasteiger charge is 1.89. The molecule has 0 saturated heterocycles. The minimum Gasteiger partial charge on any atom is -0.437 e. The third kappa shape index (κ3) is 3.90. The molecule has 2 nitrogen and oxygen atoms in total. The summed E-state index contributed by atoms with van der Waals surface area (Å²) in [6.45, 7) is 2.27. The SMILES string of the molecule is CCOC(=O)[PH3+]. The molecule has 0 amide bonds. The lowest BCUT2D eigenvalue weighted by molar-refractivity contribution is 0.181. The molecule has 0 bridgehead atoms. The Bertz CT molecular complexity index is 52.8. The highest BCUT2D eigenvalue weighted by atomic mass is 31.0. The Morgan fingerprint density at radius 3 is 2.50 bits per heavy atom. The Morgan fingerprint density at radius 2 is 2.50 bits per heavy atom. The Hall–Kier alpha value is -0.100. The zero-order valence-corrected chi connectivity index (χ0v) is 5.14. The fraction of sp³-hybridized carbons (Fsp3) is 0.667. The number of carbonyl (C=O) groups excluding carboxylic acids is 1. The van der Waals surface area contributed by atoms with Crippen LogP contribution in [0, 0.1) is 0 Å². The normalized spacial score (nSPS) is 8.17. The van der Waals surface area contributed by atoms with Gasteiger partial charge in [0.2, 0.25) is 0 Å². The molecule has 0 spiro atoms. The number of hydrogen-bond acceptors (Lipinski definition) is 2. The van der Waals surface area contributed by atoms with Crippen molar-refractivity contribution in [3.8, 4) is 0 Å². The van der Waals surface area contributed by atoms with Crippen molar-refractivity contribution >= 4 is 15.0 Å². The largest absolute Gasteiger partial charge is 0.443 e. The lowest BCUT2D eigenvalue weighted by Gasteiger charge is -1.84. The second kappa shape index (κ2) is 3.10. The molecule has 0 N–H and O–H groups in total. The second-order valence-corrected chi connectivity index (χ2v) is 1.38. The van der Waals surface area contributed by atoms with E-state index in [0.29, 0.717) is 6.61 Å². The number of rotatable bonds is 1. The molecule has 0 aromatic heterocycles. The van der Waals surface area contributed by atoms with Crippen LogP contribution in [0.2, 0.25) is 0 Å². The van der Waals surface area contributed by atoms with E-state index in [1.807, 2.05) is 0 Å². The van der Waals surface area contributed by atoms with E-state index in [4.69, 9.17) is 0 Å². The average molecular weight is 107 g/mol. The lowest BCUT2D eigenvalue weighted by atomic mass is 10.9. The van der Waals surface area contributed by atoms with Crippen LogP contribution in [0.25, 0.3) is 0 Å². The van der Waals surface area contributed by atoms with E-state index in [1.165, 1.54) is 9.24 Å². The summed E-state index contributed by atoms with van der Waals surface area (Å²) >= 11 is 0. The Morgan fingerprint density at radius 1 is 2.00 bits per heavy atom. The number of carbonyl (C=O) groups is 1. The molecule has 1 atom stereocenters. The summed E-state index contributed by atoms with van der Waals surface area (Å²) in [5.41, 5.74) is -0.183. The van der Waals surface area contributed by atoms with Crippen LogP contribution in [-0.4, -0.2) is 12.3 Å². The van der Waals surface area contributed by atoms with E-state index in [9.17, 15) is 4.79 Å². The van der Waals surface area contributed by atoms with Gasteiger partial charge >= 0.3 is 5.71 Å².